The quantitative estimate of drug-likeness (QED) is 0.790. The third kappa shape index (κ3) is 4.32. The molecule has 3 rings (SSSR count). The van der Waals surface area contributed by atoms with Gasteiger partial charge >= 0.3 is 0 Å². The number of sulfonamides is 1. The van der Waals surface area contributed by atoms with E-state index in [1.165, 1.54) is 23.5 Å². The van der Waals surface area contributed by atoms with Gasteiger partial charge in [-0.1, -0.05) is 6.07 Å². The number of nitrogens with zero attached hydrogens (tertiary/aromatic N) is 2. The Balaban J connectivity index is 1.77. The fourth-order valence-corrected chi connectivity index (χ4v) is 4.15. The second kappa shape index (κ2) is 8.03. The third-order valence-electron chi connectivity index (χ3n) is 4.04. The summed E-state index contributed by atoms with van der Waals surface area (Å²) in [4.78, 5) is 4.52. The van der Waals surface area contributed by atoms with E-state index in [2.05, 4.69) is 4.98 Å². The summed E-state index contributed by atoms with van der Waals surface area (Å²) in [5.41, 5.74) is 0.833. The summed E-state index contributed by atoms with van der Waals surface area (Å²) < 4.78 is 43.8. The van der Waals surface area contributed by atoms with Crippen LogP contribution in [0, 0.1) is 6.92 Å². The van der Waals surface area contributed by atoms with Gasteiger partial charge in [-0.3, -0.25) is 0 Å². The summed E-state index contributed by atoms with van der Waals surface area (Å²) in [5.74, 6) is 1.07. The molecule has 0 amide bonds. The zero-order chi connectivity index (χ0) is 18.6. The maximum absolute atomic E-state index is 13.0. The molecule has 140 valence electrons. The Morgan fingerprint density at radius 1 is 1.19 bits per heavy atom. The fourth-order valence-electron chi connectivity index (χ4n) is 2.69. The lowest BCUT2D eigenvalue weighted by molar-refractivity contribution is 0.0696. The molecule has 0 saturated carbocycles. The molecule has 0 spiro atoms. The minimum Gasteiger partial charge on any atom is -0.497 e. The fraction of sp³-hybridized carbons (Fsp3) is 0.389. The van der Waals surface area contributed by atoms with Gasteiger partial charge in [-0.25, -0.2) is 13.4 Å². The number of hydrogen-bond acceptors (Lipinski definition) is 6. The Hall–Kier alpha value is -2.16. The molecule has 1 atom stereocenters. The van der Waals surface area contributed by atoms with Gasteiger partial charge in [0.05, 0.1) is 31.8 Å². The Bertz CT molecular complexity index is 839. The van der Waals surface area contributed by atoms with Crippen LogP contribution in [-0.4, -0.2) is 57.2 Å². The Labute approximate surface area is 153 Å². The van der Waals surface area contributed by atoms with Gasteiger partial charge in [-0.2, -0.15) is 4.31 Å². The van der Waals surface area contributed by atoms with Gasteiger partial charge < -0.3 is 14.2 Å². The summed E-state index contributed by atoms with van der Waals surface area (Å²) in [6, 6.07) is 11.8. The highest BCUT2D eigenvalue weighted by Crippen LogP contribution is 2.21. The number of methoxy groups -OCH3 is 1. The first kappa shape index (κ1) is 18.6. The van der Waals surface area contributed by atoms with Crippen LogP contribution in [0.25, 0.3) is 0 Å². The van der Waals surface area contributed by atoms with Gasteiger partial charge in [0.2, 0.25) is 15.9 Å². The summed E-state index contributed by atoms with van der Waals surface area (Å²) in [7, 11) is -2.11. The molecule has 1 saturated heterocycles. The van der Waals surface area contributed by atoms with Crippen molar-refractivity contribution < 1.29 is 22.6 Å². The van der Waals surface area contributed by atoms with Gasteiger partial charge in [0.25, 0.3) is 0 Å². The van der Waals surface area contributed by atoms with Crippen molar-refractivity contribution in [3.8, 4) is 11.6 Å². The number of aromatic nitrogens is 1. The Morgan fingerprint density at radius 2 is 1.96 bits per heavy atom. The monoisotopic (exact) mass is 378 g/mol. The zero-order valence-electron chi connectivity index (χ0n) is 14.8. The highest BCUT2D eigenvalue weighted by Gasteiger charge is 2.30. The molecule has 1 aliphatic rings. The summed E-state index contributed by atoms with van der Waals surface area (Å²) >= 11 is 0. The maximum atomic E-state index is 13.0. The predicted octanol–water partition coefficient (Wildman–Crippen LogP) is 1.87. The Kier molecular flexibility index (Phi) is 5.75. The molecule has 0 N–H and O–H groups in total. The zero-order valence-corrected chi connectivity index (χ0v) is 15.6. The van der Waals surface area contributed by atoms with E-state index in [-0.39, 0.29) is 18.0 Å². The number of benzene rings is 1. The van der Waals surface area contributed by atoms with Gasteiger partial charge in [-0.05, 0) is 37.3 Å². The maximum Gasteiger partial charge on any atom is 0.243 e. The molecule has 0 bridgehead atoms. The number of rotatable bonds is 5. The second-order valence-electron chi connectivity index (χ2n) is 5.97. The average molecular weight is 378 g/mol. The molecule has 0 aliphatic carbocycles. The van der Waals surface area contributed by atoms with E-state index < -0.39 is 16.1 Å². The molecule has 1 aromatic heterocycles. The molecule has 1 aromatic carbocycles. The van der Waals surface area contributed by atoms with Crippen molar-refractivity contribution in [1.29, 1.82) is 0 Å². The van der Waals surface area contributed by atoms with Crippen molar-refractivity contribution in [3.63, 3.8) is 0 Å². The smallest absolute Gasteiger partial charge is 0.243 e. The first-order chi connectivity index (χ1) is 12.5. The van der Waals surface area contributed by atoms with Crippen LogP contribution in [0.3, 0.4) is 0 Å². The highest BCUT2D eigenvalue weighted by atomic mass is 32.2. The highest BCUT2D eigenvalue weighted by molar-refractivity contribution is 7.89. The van der Waals surface area contributed by atoms with E-state index in [0.717, 1.165) is 5.69 Å². The van der Waals surface area contributed by atoms with E-state index in [1.807, 2.05) is 19.1 Å². The molecular formula is C18H22N2O5S. The molecule has 2 heterocycles. The first-order valence-corrected chi connectivity index (χ1v) is 9.75. The molecule has 7 nitrogen and oxygen atoms in total. The van der Waals surface area contributed by atoms with Crippen LogP contribution < -0.4 is 9.47 Å². The van der Waals surface area contributed by atoms with Crippen molar-refractivity contribution in [2.45, 2.75) is 17.9 Å². The van der Waals surface area contributed by atoms with E-state index in [0.29, 0.717) is 24.8 Å². The topological polar surface area (TPSA) is 78.0 Å². The standard InChI is InChI=1S/C18H22N2O5S/c1-14-4-3-5-18(19-14)25-16-12-20(10-11-24-13-16)26(21,22)17-8-6-15(23-2)7-9-17/h3-9,16H,10-13H2,1-2H3/t16-/m1/s1. The lowest BCUT2D eigenvalue weighted by atomic mass is 10.3. The largest absolute Gasteiger partial charge is 0.497 e. The number of ether oxygens (including phenoxy) is 3. The molecular weight excluding hydrogens is 356 g/mol. The second-order valence-corrected chi connectivity index (χ2v) is 7.91. The van der Waals surface area contributed by atoms with Crippen molar-refractivity contribution in [2.75, 3.05) is 33.4 Å². The number of aryl methyl sites for hydroxylation is 1. The van der Waals surface area contributed by atoms with E-state index in [1.54, 1.807) is 18.2 Å². The van der Waals surface area contributed by atoms with Crippen LogP contribution in [0.2, 0.25) is 0 Å². The van der Waals surface area contributed by atoms with Crippen LogP contribution in [0.5, 0.6) is 11.6 Å². The van der Waals surface area contributed by atoms with Crippen molar-refractivity contribution in [2.24, 2.45) is 0 Å². The van der Waals surface area contributed by atoms with Crippen LogP contribution >= 0.6 is 0 Å². The normalized spacial score (nSPS) is 18.9. The van der Waals surface area contributed by atoms with Crippen LogP contribution in [0.1, 0.15) is 5.69 Å². The number of hydrogen-bond donors (Lipinski definition) is 0. The van der Waals surface area contributed by atoms with Crippen LogP contribution in [-0.2, 0) is 14.8 Å². The van der Waals surface area contributed by atoms with E-state index in [9.17, 15) is 8.42 Å². The van der Waals surface area contributed by atoms with E-state index >= 15 is 0 Å². The molecule has 26 heavy (non-hydrogen) atoms. The molecule has 0 radical (unpaired) electrons. The average Bonchev–Trinajstić information content (AvgIpc) is 2.88. The molecule has 2 aromatic rings. The van der Waals surface area contributed by atoms with Crippen molar-refractivity contribution >= 4 is 10.0 Å². The third-order valence-corrected chi connectivity index (χ3v) is 5.92. The van der Waals surface area contributed by atoms with Crippen molar-refractivity contribution in [3.05, 3.63) is 48.2 Å². The molecule has 1 fully saturated rings. The van der Waals surface area contributed by atoms with Crippen LogP contribution in [0.4, 0.5) is 0 Å². The lowest BCUT2D eigenvalue weighted by Crippen LogP contribution is -2.40. The SMILES string of the molecule is COc1ccc(S(=O)(=O)N2CCOC[C@H](Oc3cccc(C)n3)C2)cc1. The van der Waals surface area contributed by atoms with Gasteiger partial charge in [0.15, 0.2) is 0 Å². The first-order valence-electron chi connectivity index (χ1n) is 8.31. The predicted molar refractivity (Wildman–Crippen MR) is 96.0 cm³/mol. The Morgan fingerprint density at radius 3 is 2.65 bits per heavy atom. The van der Waals surface area contributed by atoms with Crippen LogP contribution in [0.15, 0.2) is 47.4 Å². The molecule has 0 unspecified atom stereocenters. The minimum atomic E-state index is -3.65. The lowest BCUT2D eigenvalue weighted by Gasteiger charge is -2.23. The van der Waals surface area contributed by atoms with Gasteiger partial charge in [-0.15, -0.1) is 0 Å². The van der Waals surface area contributed by atoms with E-state index in [4.69, 9.17) is 14.2 Å². The summed E-state index contributed by atoms with van der Waals surface area (Å²) in [6.45, 7) is 2.97. The van der Waals surface area contributed by atoms with Crippen molar-refractivity contribution in [1.82, 2.24) is 9.29 Å². The van der Waals surface area contributed by atoms with Gasteiger partial charge in [0, 0.05) is 18.3 Å². The summed E-state index contributed by atoms with van der Waals surface area (Å²) in [5, 5.41) is 0. The summed E-state index contributed by atoms with van der Waals surface area (Å²) in [6.07, 6.45) is -0.431. The molecule has 1 aliphatic heterocycles. The number of pyridine rings is 1. The minimum absolute atomic E-state index is 0.198. The van der Waals surface area contributed by atoms with Gasteiger partial charge in [0.1, 0.15) is 11.9 Å². The molecule has 8 heteroatoms.